The van der Waals surface area contributed by atoms with Gasteiger partial charge in [0.2, 0.25) is 11.8 Å². The van der Waals surface area contributed by atoms with Gasteiger partial charge in [-0.25, -0.2) is 0 Å². The quantitative estimate of drug-likeness (QED) is 0.264. The van der Waals surface area contributed by atoms with Crippen molar-refractivity contribution in [1.82, 2.24) is 15.6 Å². The zero-order valence-corrected chi connectivity index (χ0v) is 24.1. The summed E-state index contributed by atoms with van der Waals surface area (Å²) in [5, 5.41) is 15.4. The van der Waals surface area contributed by atoms with E-state index in [9.17, 15) is 19.5 Å². The van der Waals surface area contributed by atoms with Crippen molar-refractivity contribution in [3.8, 4) is 11.1 Å². The SMILES string of the molecule is Cc1cccc(-c2ccccc2CCC[C@H](CC(=O)O)C(=O)N[C@H](C(=O)N[C@H](C)c2cccnc2)C(C)(C)C)c1. The maximum Gasteiger partial charge on any atom is 0.304 e. The summed E-state index contributed by atoms with van der Waals surface area (Å²) in [4.78, 5) is 42.5. The van der Waals surface area contributed by atoms with Gasteiger partial charge in [0.15, 0.2) is 0 Å². The van der Waals surface area contributed by atoms with E-state index in [1.165, 1.54) is 5.56 Å². The minimum absolute atomic E-state index is 0.296. The number of carbonyl (C=O) groups excluding carboxylic acids is 2. The molecule has 3 rings (SSSR count). The number of aliphatic carboxylic acids is 1. The lowest BCUT2D eigenvalue weighted by Gasteiger charge is -2.32. The molecule has 1 aromatic heterocycles. The first-order valence-corrected chi connectivity index (χ1v) is 13.8. The van der Waals surface area contributed by atoms with E-state index in [4.69, 9.17) is 0 Å². The number of carboxylic acid groups (broad SMARTS) is 1. The topological polar surface area (TPSA) is 108 Å². The third kappa shape index (κ3) is 8.76. The Morgan fingerprint density at radius 1 is 0.950 bits per heavy atom. The number of hydrogen-bond acceptors (Lipinski definition) is 4. The van der Waals surface area contributed by atoms with Crippen molar-refractivity contribution in [2.24, 2.45) is 11.3 Å². The highest BCUT2D eigenvalue weighted by molar-refractivity contribution is 5.90. The van der Waals surface area contributed by atoms with E-state index >= 15 is 0 Å². The number of hydrogen-bond donors (Lipinski definition) is 3. The van der Waals surface area contributed by atoms with Gasteiger partial charge in [0.1, 0.15) is 6.04 Å². The summed E-state index contributed by atoms with van der Waals surface area (Å²) in [6.07, 6.45) is 4.80. The molecular weight excluding hydrogens is 502 g/mol. The van der Waals surface area contributed by atoms with E-state index in [1.54, 1.807) is 18.5 Å². The molecule has 212 valence electrons. The lowest BCUT2D eigenvalue weighted by Crippen LogP contribution is -2.55. The average Bonchev–Trinajstić information content (AvgIpc) is 2.90. The Hall–Kier alpha value is -4.00. The maximum absolute atomic E-state index is 13.4. The first kappa shape index (κ1) is 30.5. The summed E-state index contributed by atoms with van der Waals surface area (Å²) in [5.74, 6) is -2.53. The van der Waals surface area contributed by atoms with Crippen molar-refractivity contribution >= 4 is 17.8 Å². The summed E-state index contributed by atoms with van der Waals surface area (Å²) in [5.41, 5.74) is 4.86. The van der Waals surface area contributed by atoms with Crippen LogP contribution in [0.1, 0.15) is 69.7 Å². The molecule has 2 aromatic carbocycles. The molecule has 0 bridgehead atoms. The molecular formula is C33H41N3O4. The number of amides is 2. The van der Waals surface area contributed by atoms with Gasteiger partial charge in [0.25, 0.3) is 0 Å². The Bertz CT molecular complexity index is 1300. The molecule has 2 amide bonds. The summed E-state index contributed by atoms with van der Waals surface area (Å²) in [7, 11) is 0. The van der Waals surface area contributed by atoms with E-state index in [0.717, 1.165) is 22.3 Å². The largest absolute Gasteiger partial charge is 0.481 e. The Morgan fingerprint density at radius 2 is 1.70 bits per heavy atom. The second-order valence-corrected chi connectivity index (χ2v) is 11.5. The van der Waals surface area contributed by atoms with Gasteiger partial charge < -0.3 is 15.7 Å². The maximum atomic E-state index is 13.4. The van der Waals surface area contributed by atoms with Crippen LogP contribution in [0.15, 0.2) is 73.1 Å². The average molecular weight is 544 g/mol. The van der Waals surface area contributed by atoms with Crippen molar-refractivity contribution in [2.45, 2.75) is 72.4 Å². The number of carbonyl (C=O) groups is 3. The Labute approximate surface area is 237 Å². The van der Waals surface area contributed by atoms with Crippen LogP contribution in [0.3, 0.4) is 0 Å². The third-order valence-electron chi connectivity index (χ3n) is 7.09. The third-order valence-corrected chi connectivity index (χ3v) is 7.09. The van der Waals surface area contributed by atoms with Crippen LogP contribution in [0.4, 0.5) is 0 Å². The molecule has 0 saturated carbocycles. The van der Waals surface area contributed by atoms with Crippen LogP contribution in [0.25, 0.3) is 11.1 Å². The summed E-state index contributed by atoms with van der Waals surface area (Å²) in [6.45, 7) is 9.55. The monoisotopic (exact) mass is 543 g/mol. The fourth-order valence-electron chi connectivity index (χ4n) is 4.86. The Kier molecular flexibility index (Phi) is 10.6. The standard InChI is InChI=1S/C33H41N3O4/c1-22-11-8-14-25(19-22)28-17-7-6-12-24(28)13-9-15-26(20-29(37)38)31(39)36-30(33(3,4)5)32(40)35-23(2)27-16-10-18-34-21-27/h6-8,10-12,14,16-19,21,23,26,30H,9,13,15,20H2,1-5H3,(H,35,40)(H,36,39)(H,37,38)/t23-,26-,30-/m1/s1. The first-order chi connectivity index (χ1) is 19.0. The van der Waals surface area contributed by atoms with E-state index in [1.807, 2.05) is 52.0 Å². The molecule has 7 nitrogen and oxygen atoms in total. The lowest BCUT2D eigenvalue weighted by atomic mass is 9.85. The smallest absolute Gasteiger partial charge is 0.304 e. The molecule has 0 unspecified atom stereocenters. The van der Waals surface area contributed by atoms with Gasteiger partial charge in [-0.1, -0.05) is 80.9 Å². The van der Waals surface area contributed by atoms with Crippen molar-refractivity contribution in [2.75, 3.05) is 0 Å². The molecule has 40 heavy (non-hydrogen) atoms. The highest BCUT2D eigenvalue weighted by Gasteiger charge is 2.35. The van der Waals surface area contributed by atoms with Crippen LogP contribution in [0, 0.1) is 18.3 Å². The van der Waals surface area contributed by atoms with E-state index in [2.05, 4.69) is 52.9 Å². The van der Waals surface area contributed by atoms with Gasteiger partial charge in [0, 0.05) is 18.3 Å². The molecule has 0 radical (unpaired) electrons. The highest BCUT2D eigenvalue weighted by atomic mass is 16.4. The van der Waals surface area contributed by atoms with Gasteiger partial charge in [0.05, 0.1) is 12.5 Å². The van der Waals surface area contributed by atoms with Gasteiger partial charge in [-0.3, -0.25) is 19.4 Å². The highest BCUT2D eigenvalue weighted by Crippen LogP contribution is 2.27. The molecule has 0 aliphatic rings. The summed E-state index contributed by atoms with van der Waals surface area (Å²) >= 11 is 0. The summed E-state index contributed by atoms with van der Waals surface area (Å²) < 4.78 is 0. The van der Waals surface area contributed by atoms with Crippen molar-refractivity contribution in [1.29, 1.82) is 0 Å². The van der Waals surface area contributed by atoms with E-state index < -0.39 is 29.3 Å². The number of nitrogens with one attached hydrogen (secondary N) is 2. The molecule has 0 aliphatic heterocycles. The second kappa shape index (κ2) is 13.9. The van der Waals surface area contributed by atoms with Gasteiger partial charge in [-0.2, -0.15) is 0 Å². The summed E-state index contributed by atoms with van der Waals surface area (Å²) in [6, 6.07) is 19.0. The van der Waals surface area contributed by atoms with E-state index in [0.29, 0.717) is 19.3 Å². The molecule has 0 fully saturated rings. The number of aromatic nitrogens is 1. The van der Waals surface area contributed by atoms with Crippen LogP contribution in [-0.4, -0.2) is 33.9 Å². The number of carboxylic acids is 1. The molecule has 7 heteroatoms. The van der Waals surface area contributed by atoms with Crippen molar-refractivity contribution in [3.63, 3.8) is 0 Å². The molecule has 3 aromatic rings. The molecule has 3 N–H and O–H groups in total. The van der Waals surface area contributed by atoms with Crippen LogP contribution in [-0.2, 0) is 20.8 Å². The minimum Gasteiger partial charge on any atom is -0.481 e. The van der Waals surface area contributed by atoms with Crippen LogP contribution < -0.4 is 10.6 Å². The Balaban J connectivity index is 1.70. The lowest BCUT2D eigenvalue weighted by molar-refractivity contribution is -0.142. The number of nitrogens with zero attached hydrogens (tertiary/aromatic N) is 1. The number of rotatable bonds is 12. The van der Waals surface area contributed by atoms with Crippen LogP contribution >= 0.6 is 0 Å². The fourth-order valence-corrected chi connectivity index (χ4v) is 4.86. The van der Waals surface area contributed by atoms with Crippen LogP contribution in [0.5, 0.6) is 0 Å². The molecule has 3 atom stereocenters. The Morgan fingerprint density at radius 3 is 2.35 bits per heavy atom. The zero-order valence-electron chi connectivity index (χ0n) is 24.1. The van der Waals surface area contributed by atoms with Gasteiger partial charge in [-0.15, -0.1) is 0 Å². The molecule has 0 saturated heterocycles. The normalized spacial score (nSPS) is 13.6. The zero-order chi connectivity index (χ0) is 29.3. The fraction of sp³-hybridized carbons (Fsp3) is 0.394. The molecule has 0 spiro atoms. The number of aryl methyl sites for hydroxylation is 2. The predicted molar refractivity (Wildman–Crippen MR) is 157 cm³/mol. The van der Waals surface area contributed by atoms with Gasteiger partial charge >= 0.3 is 5.97 Å². The molecule has 0 aliphatic carbocycles. The minimum atomic E-state index is -1.04. The molecule has 1 heterocycles. The number of benzene rings is 2. The predicted octanol–water partition coefficient (Wildman–Crippen LogP) is 5.88. The van der Waals surface area contributed by atoms with Crippen LogP contribution in [0.2, 0.25) is 0 Å². The van der Waals surface area contributed by atoms with E-state index in [-0.39, 0.29) is 18.4 Å². The second-order valence-electron chi connectivity index (χ2n) is 11.5. The van der Waals surface area contributed by atoms with Gasteiger partial charge in [-0.05, 0) is 66.8 Å². The first-order valence-electron chi connectivity index (χ1n) is 13.8. The van der Waals surface area contributed by atoms with Crippen molar-refractivity contribution < 1.29 is 19.5 Å². The van der Waals surface area contributed by atoms with Crippen molar-refractivity contribution in [3.05, 3.63) is 89.7 Å². The number of pyridine rings is 1.